The molecule has 0 aliphatic carbocycles. The van der Waals surface area contributed by atoms with Crippen LogP contribution in [0.3, 0.4) is 0 Å². The Balaban J connectivity index is 2.47. The fourth-order valence-electron chi connectivity index (χ4n) is 1.93. The molecule has 0 radical (unpaired) electrons. The number of likely N-dealkylation sites (tertiary alicyclic amines) is 1. The molecule has 1 fully saturated rings. The van der Waals surface area contributed by atoms with E-state index >= 15 is 0 Å². The molecule has 1 rings (SSSR count). The molecule has 1 aliphatic rings. The highest BCUT2D eigenvalue weighted by Gasteiger charge is 2.29. The molecule has 0 saturated carbocycles. The molecule has 0 spiro atoms. The van der Waals surface area contributed by atoms with E-state index in [-0.39, 0.29) is 12.1 Å². The molecule has 1 heterocycles. The van der Waals surface area contributed by atoms with Gasteiger partial charge in [-0.3, -0.25) is 0 Å². The summed E-state index contributed by atoms with van der Waals surface area (Å²) in [6, 6.07) is 0.0513. The van der Waals surface area contributed by atoms with Crippen LogP contribution in [0.15, 0.2) is 0 Å². The van der Waals surface area contributed by atoms with E-state index in [2.05, 4.69) is 0 Å². The summed E-state index contributed by atoms with van der Waals surface area (Å²) in [5.74, 6) is 0. The van der Waals surface area contributed by atoms with Crippen molar-refractivity contribution in [1.82, 2.24) is 9.80 Å². The minimum atomic E-state index is -0.895. The fraction of sp³-hybridized carbons (Fsp3) is 0.833. The molecule has 18 heavy (non-hydrogen) atoms. The molecule has 1 N–H and O–H groups in total. The van der Waals surface area contributed by atoms with Crippen molar-refractivity contribution in [2.75, 3.05) is 20.1 Å². The average Bonchev–Trinajstić information content (AvgIpc) is 2.26. The van der Waals surface area contributed by atoms with Gasteiger partial charge in [-0.05, 0) is 33.6 Å². The van der Waals surface area contributed by atoms with E-state index in [0.717, 1.165) is 0 Å². The lowest BCUT2D eigenvalue weighted by molar-refractivity contribution is 0.0159. The van der Waals surface area contributed by atoms with E-state index in [1.54, 1.807) is 11.9 Å². The first-order valence-corrected chi connectivity index (χ1v) is 6.14. The molecular weight excluding hydrogens is 236 g/mol. The highest BCUT2D eigenvalue weighted by atomic mass is 16.6. The van der Waals surface area contributed by atoms with Crippen molar-refractivity contribution in [3.8, 4) is 0 Å². The maximum atomic E-state index is 11.8. The van der Waals surface area contributed by atoms with Crippen LogP contribution < -0.4 is 0 Å². The van der Waals surface area contributed by atoms with Crippen LogP contribution in [0.4, 0.5) is 9.59 Å². The van der Waals surface area contributed by atoms with Crippen molar-refractivity contribution < 1.29 is 19.4 Å². The number of carbonyl (C=O) groups is 2. The Hall–Kier alpha value is -1.46. The van der Waals surface area contributed by atoms with Crippen molar-refractivity contribution in [2.24, 2.45) is 0 Å². The summed E-state index contributed by atoms with van der Waals surface area (Å²) in [5.41, 5.74) is -0.507. The Bertz CT molecular complexity index is 317. The molecule has 0 aromatic rings. The normalized spacial score (nSPS) is 17.4. The summed E-state index contributed by atoms with van der Waals surface area (Å²) in [6.07, 6.45) is 0.0639. The van der Waals surface area contributed by atoms with Gasteiger partial charge in [-0.25, -0.2) is 9.59 Å². The first-order chi connectivity index (χ1) is 8.20. The summed E-state index contributed by atoms with van der Waals surface area (Å²) in [5, 5.41) is 8.85. The number of ether oxygens (including phenoxy) is 1. The quantitative estimate of drug-likeness (QED) is 0.781. The van der Waals surface area contributed by atoms with Crippen molar-refractivity contribution in [2.45, 2.75) is 45.3 Å². The Morgan fingerprint density at radius 1 is 1.28 bits per heavy atom. The molecule has 0 atom stereocenters. The first kappa shape index (κ1) is 14.6. The van der Waals surface area contributed by atoms with E-state index in [9.17, 15) is 9.59 Å². The van der Waals surface area contributed by atoms with Gasteiger partial charge < -0.3 is 19.6 Å². The van der Waals surface area contributed by atoms with Crippen molar-refractivity contribution in [3.05, 3.63) is 0 Å². The summed E-state index contributed by atoms with van der Waals surface area (Å²) in [6.45, 7) is 6.41. The van der Waals surface area contributed by atoms with Gasteiger partial charge in [0.05, 0.1) is 0 Å². The largest absolute Gasteiger partial charge is 0.465 e. The predicted octanol–water partition coefficient (Wildman–Crippen LogP) is 2.00. The van der Waals surface area contributed by atoms with Gasteiger partial charge in [-0.15, -0.1) is 0 Å². The van der Waals surface area contributed by atoms with Crippen LogP contribution in [0.2, 0.25) is 0 Å². The Morgan fingerprint density at radius 3 is 2.17 bits per heavy atom. The highest BCUT2D eigenvalue weighted by Crippen LogP contribution is 2.18. The molecule has 0 aromatic carbocycles. The van der Waals surface area contributed by atoms with E-state index in [1.165, 1.54) is 4.90 Å². The molecule has 104 valence electrons. The Morgan fingerprint density at radius 2 is 1.78 bits per heavy atom. The average molecular weight is 258 g/mol. The fourth-order valence-corrected chi connectivity index (χ4v) is 1.93. The van der Waals surface area contributed by atoms with Crippen LogP contribution in [0.5, 0.6) is 0 Å². The van der Waals surface area contributed by atoms with Crippen molar-refractivity contribution in [1.29, 1.82) is 0 Å². The molecule has 1 saturated heterocycles. The second kappa shape index (κ2) is 5.46. The van der Waals surface area contributed by atoms with Gasteiger partial charge in [-0.1, -0.05) is 0 Å². The second-order valence-electron chi connectivity index (χ2n) is 5.59. The number of amides is 2. The molecule has 0 bridgehead atoms. The predicted molar refractivity (Wildman–Crippen MR) is 66.6 cm³/mol. The minimum absolute atomic E-state index is 0.0513. The molecule has 6 nitrogen and oxygen atoms in total. The highest BCUT2D eigenvalue weighted by molar-refractivity contribution is 5.68. The Kier molecular flexibility index (Phi) is 4.43. The summed E-state index contributed by atoms with van der Waals surface area (Å²) in [4.78, 5) is 25.6. The van der Waals surface area contributed by atoms with Crippen LogP contribution in [0, 0.1) is 0 Å². The smallest absolute Gasteiger partial charge is 0.410 e. The summed E-state index contributed by atoms with van der Waals surface area (Å²) < 4.78 is 5.28. The second-order valence-corrected chi connectivity index (χ2v) is 5.59. The number of nitrogens with zero attached hydrogens (tertiary/aromatic N) is 2. The monoisotopic (exact) mass is 258 g/mol. The standard InChI is InChI=1S/C12H22N2O4/c1-12(2,3)18-11(17)13(4)9-5-7-14(8-6-9)10(15)16/h9H,5-8H2,1-4H3,(H,15,16). The van der Waals surface area contributed by atoms with Gasteiger partial charge in [0.15, 0.2) is 0 Å². The summed E-state index contributed by atoms with van der Waals surface area (Å²) >= 11 is 0. The molecule has 0 aromatic heterocycles. The number of rotatable bonds is 1. The molecule has 1 aliphatic heterocycles. The molecule has 0 unspecified atom stereocenters. The van der Waals surface area contributed by atoms with E-state index in [4.69, 9.17) is 9.84 Å². The third-order valence-electron chi connectivity index (χ3n) is 2.96. The number of hydrogen-bond donors (Lipinski definition) is 1. The van der Waals surface area contributed by atoms with Crippen LogP contribution in [0.25, 0.3) is 0 Å². The molecule has 2 amide bonds. The van der Waals surface area contributed by atoms with Gasteiger partial charge in [0, 0.05) is 26.2 Å². The van der Waals surface area contributed by atoms with Crippen molar-refractivity contribution in [3.63, 3.8) is 0 Å². The molecule has 6 heteroatoms. The van der Waals surface area contributed by atoms with Gasteiger partial charge in [-0.2, -0.15) is 0 Å². The zero-order chi connectivity index (χ0) is 13.9. The first-order valence-electron chi connectivity index (χ1n) is 6.14. The van der Waals surface area contributed by atoms with Crippen LogP contribution in [-0.4, -0.2) is 58.9 Å². The lowest BCUT2D eigenvalue weighted by Crippen LogP contribution is -2.48. The van der Waals surface area contributed by atoms with Crippen molar-refractivity contribution >= 4 is 12.2 Å². The topological polar surface area (TPSA) is 70.1 Å². The maximum absolute atomic E-state index is 11.8. The van der Waals surface area contributed by atoms with E-state index < -0.39 is 11.7 Å². The zero-order valence-electron chi connectivity index (χ0n) is 11.5. The number of hydrogen-bond acceptors (Lipinski definition) is 3. The third kappa shape index (κ3) is 4.09. The van der Waals surface area contributed by atoms with E-state index in [0.29, 0.717) is 25.9 Å². The van der Waals surface area contributed by atoms with E-state index in [1.807, 2.05) is 20.8 Å². The van der Waals surface area contributed by atoms with Crippen LogP contribution >= 0.6 is 0 Å². The van der Waals surface area contributed by atoms with Crippen LogP contribution in [0.1, 0.15) is 33.6 Å². The zero-order valence-corrected chi connectivity index (χ0v) is 11.5. The van der Waals surface area contributed by atoms with Gasteiger partial charge in [0.2, 0.25) is 0 Å². The number of carboxylic acid groups (broad SMARTS) is 1. The molecular formula is C12H22N2O4. The lowest BCUT2D eigenvalue weighted by atomic mass is 10.0. The van der Waals surface area contributed by atoms with Crippen LogP contribution in [-0.2, 0) is 4.74 Å². The number of carbonyl (C=O) groups excluding carboxylic acids is 1. The third-order valence-corrected chi connectivity index (χ3v) is 2.96. The number of piperidine rings is 1. The van der Waals surface area contributed by atoms with Gasteiger partial charge >= 0.3 is 12.2 Å². The maximum Gasteiger partial charge on any atom is 0.410 e. The summed E-state index contributed by atoms with van der Waals surface area (Å²) in [7, 11) is 1.70. The Labute approximate surface area is 107 Å². The SMILES string of the molecule is CN(C(=O)OC(C)(C)C)C1CCN(C(=O)O)CC1. The van der Waals surface area contributed by atoms with Gasteiger partial charge in [0.25, 0.3) is 0 Å². The van der Waals surface area contributed by atoms with Gasteiger partial charge in [0.1, 0.15) is 5.60 Å². The lowest BCUT2D eigenvalue weighted by Gasteiger charge is -2.36. The minimum Gasteiger partial charge on any atom is -0.465 e.